The van der Waals surface area contributed by atoms with Gasteiger partial charge in [-0.2, -0.15) is 8.42 Å². The Morgan fingerprint density at radius 1 is 1.32 bits per heavy atom. The number of aryl methyl sites for hydroxylation is 1. The Labute approximate surface area is 109 Å². The second-order valence-corrected chi connectivity index (χ2v) is 5.47. The number of benzene rings is 1. The van der Waals surface area contributed by atoms with E-state index >= 15 is 0 Å². The van der Waals surface area contributed by atoms with Gasteiger partial charge in [0.05, 0.1) is 11.8 Å². The molecular formula is C11H11N3O4S. The summed E-state index contributed by atoms with van der Waals surface area (Å²) in [5.74, 6) is -0.583. The van der Waals surface area contributed by atoms with Gasteiger partial charge < -0.3 is 10.1 Å². The molecule has 0 radical (unpaired) electrons. The highest BCUT2D eigenvalue weighted by Gasteiger charge is 2.16. The molecule has 0 saturated carbocycles. The van der Waals surface area contributed by atoms with Gasteiger partial charge in [0, 0.05) is 5.69 Å². The van der Waals surface area contributed by atoms with Crippen molar-refractivity contribution >= 4 is 21.7 Å². The Bertz CT molecular complexity index is 704. The Morgan fingerprint density at radius 3 is 2.42 bits per heavy atom. The minimum absolute atomic E-state index is 0.0488. The maximum Gasteiger partial charge on any atom is 0.335 e. The first kappa shape index (κ1) is 13.1. The smallest absolute Gasteiger partial charge is 0.335 e. The van der Waals surface area contributed by atoms with E-state index in [1.54, 1.807) is 6.92 Å². The first-order chi connectivity index (χ1) is 8.88. The van der Waals surface area contributed by atoms with Crippen LogP contribution < -0.4 is 4.72 Å². The topological polar surface area (TPSA) is 112 Å². The van der Waals surface area contributed by atoms with E-state index in [0.717, 1.165) is 0 Å². The van der Waals surface area contributed by atoms with E-state index < -0.39 is 16.0 Å². The number of imidazole rings is 1. The van der Waals surface area contributed by atoms with E-state index in [1.165, 1.54) is 30.5 Å². The van der Waals surface area contributed by atoms with Crippen molar-refractivity contribution in [3.05, 3.63) is 41.9 Å². The fourth-order valence-corrected chi connectivity index (χ4v) is 2.46. The number of hydrogen-bond donors (Lipinski definition) is 3. The minimum atomic E-state index is -3.74. The molecule has 7 nitrogen and oxygen atoms in total. The third-order valence-corrected chi connectivity index (χ3v) is 3.64. The normalized spacial score (nSPS) is 11.2. The summed E-state index contributed by atoms with van der Waals surface area (Å²) in [5.41, 5.74) is 0.359. The minimum Gasteiger partial charge on any atom is -0.478 e. The molecule has 1 aromatic heterocycles. The summed E-state index contributed by atoms with van der Waals surface area (Å²) in [7, 11) is -3.74. The highest BCUT2D eigenvalue weighted by molar-refractivity contribution is 7.92. The van der Waals surface area contributed by atoms with Crippen LogP contribution in [0.2, 0.25) is 0 Å². The molecule has 3 N–H and O–H groups in total. The fourth-order valence-electron chi connectivity index (χ4n) is 1.43. The van der Waals surface area contributed by atoms with Gasteiger partial charge in [0.2, 0.25) is 0 Å². The van der Waals surface area contributed by atoms with Crippen molar-refractivity contribution in [3.63, 3.8) is 0 Å². The van der Waals surface area contributed by atoms with Gasteiger partial charge in [0.1, 0.15) is 5.82 Å². The van der Waals surface area contributed by atoms with Gasteiger partial charge in [-0.05, 0) is 31.2 Å². The molecule has 0 saturated heterocycles. The predicted octanol–water partition coefficient (Wildman–Crippen LogP) is 1.22. The number of sulfonamides is 1. The lowest BCUT2D eigenvalue weighted by Crippen LogP contribution is -2.13. The van der Waals surface area contributed by atoms with Crippen LogP contribution in [-0.4, -0.2) is 29.5 Å². The number of aromatic amines is 1. The molecule has 8 heteroatoms. The standard InChI is InChI=1S/C11H11N3O4S/c1-7-12-6-10(13-7)19(17,18)14-9-4-2-8(3-5-9)11(15)16/h2-6,14H,1H3,(H,12,13)(H,15,16). The Kier molecular flexibility index (Phi) is 3.26. The average Bonchev–Trinajstić information content (AvgIpc) is 2.77. The maximum atomic E-state index is 11.9. The van der Waals surface area contributed by atoms with E-state index in [-0.39, 0.29) is 16.3 Å². The van der Waals surface area contributed by atoms with Crippen LogP contribution in [0, 0.1) is 6.92 Å². The zero-order valence-electron chi connectivity index (χ0n) is 9.91. The molecule has 0 bridgehead atoms. The molecule has 1 heterocycles. The van der Waals surface area contributed by atoms with Gasteiger partial charge in [-0.25, -0.2) is 9.78 Å². The number of carboxylic acids is 1. The molecule has 0 amide bonds. The van der Waals surface area contributed by atoms with E-state index in [2.05, 4.69) is 14.7 Å². The van der Waals surface area contributed by atoms with E-state index in [4.69, 9.17) is 5.11 Å². The summed E-state index contributed by atoms with van der Waals surface area (Å²) < 4.78 is 26.2. The number of carbonyl (C=O) groups is 1. The number of nitrogens with one attached hydrogen (secondary N) is 2. The van der Waals surface area contributed by atoms with Gasteiger partial charge in [-0.15, -0.1) is 0 Å². The predicted molar refractivity (Wildman–Crippen MR) is 67.5 cm³/mol. The van der Waals surface area contributed by atoms with Crippen LogP contribution in [-0.2, 0) is 10.0 Å². The fraction of sp³-hybridized carbons (Fsp3) is 0.0909. The van der Waals surface area contributed by atoms with Crippen molar-refractivity contribution < 1.29 is 18.3 Å². The second kappa shape index (κ2) is 4.73. The Balaban J connectivity index is 2.23. The number of anilines is 1. The van der Waals surface area contributed by atoms with Crippen LogP contribution in [0.3, 0.4) is 0 Å². The molecule has 0 aliphatic heterocycles. The van der Waals surface area contributed by atoms with E-state index in [0.29, 0.717) is 5.82 Å². The van der Waals surface area contributed by atoms with Gasteiger partial charge >= 0.3 is 5.97 Å². The van der Waals surface area contributed by atoms with Crippen molar-refractivity contribution in [3.8, 4) is 0 Å². The van der Waals surface area contributed by atoms with E-state index in [9.17, 15) is 13.2 Å². The van der Waals surface area contributed by atoms with E-state index in [1.807, 2.05) is 0 Å². The molecule has 0 atom stereocenters. The number of aromatic nitrogens is 2. The molecule has 100 valence electrons. The highest BCUT2D eigenvalue weighted by atomic mass is 32.2. The van der Waals surface area contributed by atoms with Crippen LogP contribution in [0.5, 0.6) is 0 Å². The number of rotatable bonds is 4. The van der Waals surface area contributed by atoms with Crippen molar-refractivity contribution in [2.24, 2.45) is 0 Å². The number of carboxylic acid groups (broad SMARTS) is 1. The van der Waals surface area contributed by atoms with Crippen LogP contribution in [0.25, 0.3) is 0 Å². The van der Waals surface area contributed by atoms with Crippen molar-refractivity contribution in [2.75, 3.05) is 4.72 Å². The summed E-state index contributed by atoms with van der Waals surface area (Å²) in [5, 5.41) is 8.69. The summed E-state index contributed by atoms with van der Waals surface area (Å²) in [6.45, 7) is 1.64. The largest absolute Gasteiger partial charge is 0.478 e. The number of nitrogens with zero attached hydrogens (tertiary/aromatic N) is 1. The lowest BCUT2D eigenvalue weighted by Gasteiger charge is -2.06. The monoisotopic (exact) mass is 281 g/mol. The van der Waals surface area contributed by atoms with Crippen LogP contribution in [0.15, 0.2) is 35.5 Å². The molecule has 0 spiro atoms. The highest BCUT2D eigenvalue weighted by Crippen LogP contribution is 2.15. The Morgan fingerprint density at radius 2 is 1.95 bits per heavy atom. The SMILES string of the molecule is Cc1ncc(S(=O)(=O)Nc2ccc(C(=O)O)cc2)[nH]1. The van der Waals surface area contributed by atoms with Gasteiger partial charge in [-0.1, -0.05) is 0 Å². The first-order valence-electron chi connectivity index (χ1n) is 5.26. The molecule has 0 aliphatic rings. The molecule has 2 rings (SSSR count). The zero-order chi connectivity index (χ0) is 14.0. The third kappa shape index (κ3) is 2.91. The number of H-pyrrole nitrogens is 1. The average molecular weight is 281 g/mol. The maximum absolute atomic E-state index is 11.9. The molecule has 19 heavy (non-hydrogen) atoms. The molecule has 0 fully saturated rings. The van der Waals surface area contributed by atoms with Crippen LogP contribution in [0.1, 0.15) is 16.2 Å². The van der Waals surface area contributed by atoms with Crippen molar-refractivity contribution in [2.45, 2.75) is 11.9 Å². The molecule has 0 unspecified atom stereocenters. The number of hydrogen-bond acceptors (Lipinski definition) is 4. The van der Waals surface area contributed by atoms with Gasteiger partial charge in [0.15, 0.2) is 5.03 Å². The molecule has 1 aromatic carbocycles. The molecule has 2 aromatic rings. The van der Waals surface area contributed by atoms with Gasteiger partial charge in [0.25, 0.3) is 10.0 Å². The second-order valence-electron chi connectivity index (χ2n) is 3.82. The lowest BCUT2D eigenvalue weighted by atomic mass is 10.2. The summed E-state index contributed by atoms with van der Waals surface area (Å²) in [4.78, 5) is 17.1. The molecular weight excluding hydrogens is 270 g/mol. The van der Waals surface area contributed by atoms with Crippen LogP contribution in [0.4, 0.5) is 5.69 Å². The van der Waals surface area contributed by atoms with Crippen LogP contribution >= 0.6 is 0 Å². The van der Waals surface area contributed by atoms with Crippen molar-refractivity contribution in [1.82, 2.24) is 9.97 Å². The quantitative estimate of drug-likeness (QED) is 0.780. The van der Waals surface area contributed by atoms with Crippen molar-refractivity contribution in [1.29, 1.82) is 0 Å². The zero-order valence-corrected chi connectivity index (χ0v) is 10.7. The summed E-state index contributed by atoms with van der Waals surface area (Å²) >= 11 is 0. The Hall–Kier alpha value is -2.35. The summed E-state index contributed by atoms with van der Waals surface area (Å²) in [6, 6.07) is 5.39. The van der Waals surface area contributed by atoms with Gasteiger partial charge in [-0.3, -0.25) is 4.72 Å². The molecule has 0 aliphatic carbocycles. The summed E-state index contributed by atoms with van der Waals surface area (Å²) in [6.07, 6.45) is 1.21. The first-order valence-corrected chi connectivity index (χ1v) is 6.74. The lowest BCUT2D eigenvalue weighted by molar-refractivity contribution is 0.0697. The number of aromatic carboxylic acids is 1. The third-order valence-electron chi connectivity index (χ3n) is 2.35.